The van der Waals surface area contributed by atoms with E-state index >= 15 is 0 Å². The van der Waals surface area contributed by atoms with Gasteiger partial charge in [-0.2, -0.15) is 0 Å². The molecule has 2 atom stereocenters. The van der Waals surface area contributed by atoms with Crippen molar-refractivity contribution in [2.45, 2.75) is 24.9 Å². The molecule has 6 heteroatoms. The highest BCUT2D eigenvalue weighted by molar-refractivity contribution is 5.68. The first-order valence-corrected chi connectivity index (χ1v) is 10.3. The van der Waals surface area contributed by atoms with Gasteiger partial charge in [0.1, 0.15) is 0 Å². The summed E-state index contributed by atoms with van der Waals surface area (Å²) < 4.78 is 16.9. The second-order valence-corrected chi connectivity index (χ2v) is 8.25. The number of fused-ring (bicyclic) bond motifs is 2. The van der Waals surface area contributed by atoms with Gasteiger partial charge >= 0.3 is 0 Å². The monoisotopic (exact) mass is 379 g/mol. The van der Waals surface area contributed by atoms with Crippen LogP contribution in [0.2, 0.25) is 0 Å². The molecule has 0 spiro atoms. The Hall–Kier alpha value is -2.31. The van der Waals surface area contributed by atoms with E-state index in [1.807, 2.05) is 24.4 Å². The lowest BCUT2D eigenvalue weighted by atomic mass is 10.0. The molecule has 0 N–H and O–H groups in total. The molecular weight excluding hydrogens is 354 g/mol. The summed E-state index contributed by atoms with van der Waals surface area (Å²) in [6.07, 6.45) is 4.67. The number of benzene rings is 1. The average Bonchev–Trinajstić information content (AvgIpc) is 3.49. The molecule has 146 valence electrons. The molecule has 2 aromatic rings. The van der Waals surface area contributed by atoms with Crippen LogP contribution in [0.1, 0.15) is 12.8 Å². The maximum atomic E-state index is 5.97. The van der Waals surface area contributed by atoms with Crippen LogP contribution in [0.4, 0.5) is 5.69 Å². The predicted octanol–water partition coefficient (Wildman–Crippen LogP) is 2.78. The molecule has 0 radical (unpaired) electrons. The second-order valence-electron chi connectivity index (χ2n) is 8.25. The Labute approximate surface area is 165 Å². The predicted molar refractivity (Wildman–Crippen MR) is 106 cm³/mol. The topological polar surface area (TPSA) is 47.1 Å². The van der Waals surface area contributed by atoms with E-state index < -0.39 is 0 Å². The third-order valence-electron chi connectivity index (χ3n) is 6.50. The molecule has 3 fully saturated rings. The normalized spacial score (nSPS) is 26.9. The fourth-order valence-corrected chi connectivity index (χ4v) is 4.83. The van der Waals surface area contributed by atoms with Crippen molar-refractivity contribution < 1.29 is 14.2 Å². The number of nitrogens with zero attached hydrogens (tertiary/aromatic N) is 3. The van der Waals surface area contributed by atoms with Crippen LogP contribution < -0.4 is 14.4 Å². The molecule has 2 saturated heterocycles. The van der Waals surface area contributed by atoms with Crippen molar-refractivity contribution in [3.05, 3.63) is 36.5 Å². The first-order valence-electron chi connectivity index (χ1n) is 10.3. The molecule has 0 bridgehead atoms. The fourth-order valence-electron chi connectivity index (χ4n) is 4.83. The summed E-state index contributed by atoms with van der Waals surface area (Å²) >= 11 is 0. The SMILES string of the molecule is c1cc(N2CCN3[C@@H](COC[C@@H]3C3CC3)C2)cc(-c2ccc3c(c2)OCO3)n1. The highest BCUT2D eigenvalue weighted by Gasteiger charge is 2.42. The van der Waals surface area contributed by atoms with Crippen molar-refractivity contribution >= 4 is 5.69 Å². The molecule has 0 unspecified atom stereocenters. The van der Waals surface area contributed by atoms with Gasteiger partial charge in [-0.25, -0.2) is 0 Å². The number of hydrogen-bond acceptors (Lipinski definition) is 6. The minimum atomic E-state index is 0.293. The van der Waals surface area contributed by atoms with Gasteiger partial charge in [-0.1, -0.05) is 0 Å². The largest absolute Gasteiger partial charge is 0.454 e. The smallest absolute Gasteiger partial charge is 0.231 e. The van der Waals surface area contributed by atoms with Gasteiger partial charge in [-0.3, -0.25) is 9.88 Å². The van der Waals surface area contributed by atoms with Crippen LogP contribution in [0.5, 0.6) is 11.5 Å². The zero-order valence-corrected chi connectivity index (χ0v) is 15.9. The lowest BCUT2D eigenvalue weighted by molar-refractivity contribution is -0.0603. The molecule has 0 amide bonds. The molecule has 1 aromatic heterocycles. The van der Waals surface area contributed by atoms with Crippen LogP contribution in [-0.2, 0) is 4.74 Å². The summed E-state index contributed by atoms with van der Waals surface area (Å²) in [5.41, 5.74) is 3.25. The summed E-state index contributed by atoms with van der Waals surface area (Å²) in [6.45, 7) is 5.27. The van der Waals surface area contributed by atoms with Crippen LogP contribution >= 0.6 is 0 Å². The van der Waals surface area contributed by atoms with Gasteiger partial charge in [-0.05, 0) is 49.1 Å². The van der Waals surface area contributed by atoms with Crippen molar-refractivity contribution in [2.24, 2.45) is 5.92 Å². The van der Waals surface area contributed by atoms with E-state index in [9.17, 15) is 0 Å². The first-order chi connectivity index (χ1) is 13.8. The van der Waals surface area contributed by atoms with Crippen LogP contribution in [0, 0.1) is 5.92 Å². The molecule has 1 saturated carbocycles. The zero-order chi connectivity index (χ0) is 18.5. The number of piperazine rings is 1. The Morgan fingerprint density at radius 1 is 0.964 bits per heavy atom. The molecular formula is C22H25N3O3. The van der Waals surface area contributed by atoms with Crippen molar-refractivity contribution in [3.63, 3.8) is 0 Å². The molecule has 4 aliphatic rings. The summed E-state index contributed by atoms with van der Waals surface area (Å²) in [5, 5.41) is 0. The minimum Gasteiger partial charge on any atom is -0.454 e. The number of morpholine rings is 1. The lowest BCUT2D eigenvalue weighted by Crippen LogP contribution is -2.62. The van der Waals surface area contributed by atoms with Gasteiger partial charge in [0.05, 0.1) is 24.9 Å². The van der Waals surface area contributed by atoms with Crippen molar-refractivity contribution in [1.82, 2.24) is 9.88 Å². The van der Waals surface area contributed by atoms with Crippen LogP contribution in [-0.4, -0.2) is 61.6 Å². The number of pyridine rings is 1. The number of hydrogen-bond donors (Lipinski definition) is 0. The van der Waals surface area contributed by atoms with E-state index in [1.165, 1.54) is 18.5 Å². The van der Waals surface area contributed by atoms with Crippen molar-refractivity contribution in [1.29, 1.82) is 0 Å². The number of rotatable bonds is 3. The van der Waals surface area contributed by atoms with E-state index in [0.29, 0.717) is 18.9 Å². The van der Waals surface area contributed by atoms with E-state index in [1.54, 1.807) is 0 Å². The zero-order valence-electron chi connectivity index (χ0n) is 15.9. The third-order valence-corrected chi connectivity index (χ3v) is 6.50. The molecule has 1 aliphatic carbocycles. The highest BCUT2D eigenvalue weighted by Crippen LogP contribution is 2.39. The Morgan fingerprint density at radius 3 is 2.82 bits per heavy atom. The highest BCUT2D eigenvalue weighted by atomic mass is 16.7. The van der Waals surface area contributed by atoms with E-state index in [-0.39, 0.29) is 0 Å². The van der Waals surface area contributed by atoms with Gasteiger partial charge in [0, 0.05) is 43.1 Å². The van der Waals surface area contributed by atoms with Crippen LogP contribution in [0.3, 0.4) is 0 Å². The van der Waals surface area contributed by atoms with Gasteiger partial charge in [0.2, 0.25) is 6.79 Å². The molecule has 28 heavy (non-hydrogen) atoms. The van der Waals surface area contributed by atoms with Crippen molar-refractivity contribution in [3.8, 4) is 22.8 Å². The molecule has 1 aromatic carbocycles. The molecule has 6 nitrogen and oxygen atoms in total. The number of ether oxygens (including phenoxy) is 3. The fraction of sp³-hybridized carbons (Fsp3) is 0.500. The summed E-state index contributed by atoms with van der Waals surface area (Å²) in [6, 6.07) is 11.5. The van der Waals surface area contributed by atoms with Gasteiger partial charge in [0.25, 0.3) is 0 Å². The van der Waals surface area contributed by atoms with Gasteiger partial charge in [-0.15, -0.1) is 0 Å². The average molecular weight is 379 g/mol. The van der Waals surface area contributed by atoms with Gasteiger partial charge < -0.3 is 19.1 Å². The van der Waals surface area contributed by atoms with E-state index in [2.05, 4.69) is 26.9 Å². The Bertz CT molecular complexity index is 885. The minimum absolute atomic E-state index is 0.293. The molecule has 4 heterocycles. The molecule has 6 rings (SSSR count). The maximum absolute atomic E-state index is 5.97. The van der Waals surface area contributed by atoms with Crippen molar-refractivity contribution in [2.75, 3.05) is 44.5 Å². The quantitative estimate of drug-likeness (QED) is 0.817. The van der Waals surface area contributed by atoms with Crippen LogP contribution in [0.25, 0.3) is 11.3 Å². The summed E-state index contributed by atoms with van der Waals surface area (Å²) in [7, 11) is 0. The number of aromatic nitrogens is 1. The van der Waals surface area contributed by atoms with E-state index in [0.717, 1.165) is 61.5 Å². The van der Waals surface area contributed by atoms with E-state index in [4.69, 9.17) is 14.2 Å². The summed E-state index contributed by atoms with van der Waals surface area (Å²) in [5.74, 6) is 2.47. The third kappa shape index (κ3) is 2.91. The summed E-state index contributed by atoms with van der Waals surface area (Å²) in [4.78, 5) is 9.80. The number of anilines is 1. The van der Waals surface area contributed by atoms with Gasteiger partial charge in [0.15, 0.2) is 11.5 Å². The Kier molecular flexibility index (Phi) is 3.94. The molecule has 3 aliphatic heterocycles. The maximum Gasteiger partial charge on any atom is 0.231 e. The first kappa shape index (κ1) is 16.6. The lowest BCUT2D eigenvalue weighted by Gasteiger charge is -2.48. The Balaban J connectivity index is 1.22. The standard InChI is InChI=1S/C22H25N3O3/c1-2-15(1)20-13-26-12-18-11-24(7-8-25(18)20)17-5-6-23-19(10-17)16-3-4-21-22(9-16)28-14-27-21/h3-6,9-10,15,18,20H,1-2,7-8,11-14H2/t18-,20-/m1/s1. The second kappa shape index (κ2) is 6.64. The Morgan fingerprint density at radius 2 is 1.89 bits per heavy atom. The van der Waals surface area contributed by atoms with Crippen LogP contribution in [0.15, 0.2) is 36.5 Å².